The third-order valence-electron chi connectivity index (χ3n) is 3.20. The molecule has 112 valence electrons. The van der Waals surface area contributed by atoms with E-state index in [4.69, 9.17) is 4.42 Å². The lowest BCUT2D eigenvalue weighted by molar-refractivity contribution is -0.122. The minimum Gasteiger partial charge on any atom is -0.467 e. The second-order valence-electron chi connectivity index (χ2n) is 4.86. The summed E-state index contributed by atoms with van der Waals surface area (Å²) in [6.45, 7) is 1.14. The zero-order valence-electron chi connectivity index (χ0n) is 12.0. The Labute approximate surface area is 124 Å². The average molecular weight is 288 g/mol. The van der Waals surface area contributed by atoms with Crippen molar-refractivity contribution in [1.82, 2.24) is 10.2 Å². The quantitative estimate of drug-likeness (QED) is 0.811. The van der Waals surface area contributed by atoms with Crippen molar-refractivity contribution in [3.05, 3.63) is 60.1 Å². The predicted molar refractivity (Wildman–Crippen MR) is 79.5 cm³/mol. The van der Waals surface area contributed by atoms with E-state index in [0.29, 0.717) is 18.8 Å². The summed E-state index contributed by atoms with van der Waals surface area (Å²) in [6, 6.07) is 13.3. The van der Waals surface area contributed by atoms with Crippen LogP contribution < -0.4 is 5.32 Å². The normalized spacial score (nSPS) is 12.3. The minimum atomic E-state index is -0.756. The Morgan fingerprint density at radius 1 is 1.29 bits per heavy atom. The zero-order chi connectivity index (χ0) is 15.1. The second kappa shape index (κ2) is 7.61. The smallest absolute Gasteiger partial charge is 0.233 e. The molecule has 0 bridgehead atoms. The zero-order valence-corrected chi connectivity index (χ0v) is 12.0. The van der Waals surface area contributed by atoms with E-state index in [2.05, 4.69) is 5.32 Å². The number of hydrogen-bond acceptors (Lipinski definition) is 4. The van der Waals surface area contributed by atoms with Crippen LogP contribution in [-0.4, -0.2) is 36.1 Å². The highest BCUT2D eigenvalue weighted by Gasteiger charge is 2.18. The van der Waals surface area contributed by atoms with E-state index >= 15 is 0 Å². The van der Waals surface area contributed by atoms with Crippen LogP contribution in [0.25, 0.3) is 0 Å². The first-order valence-electron chi connectivity index (χ1n) is 6.87. The molecule has 0 saturated heterocycles. The molecule has 5 heteroatoms. The molecule has 0 spiro atoms. The van der Waals surface area contributed by atoms with Gasteiger partial charge in [0.2, 0.25) is 5.91 Å². The van der Waals surface area contributed by atoms with Gasteiger partial charge in [0, 0.05) is 20.1 Å². The minimum absolute atomic E-state index is 0.0856. The molecule has 2 aromatic rings. The van der Waals surface area contributed by atoms with Crippen LogP contribution in [0.3, 0.4) is 0 Å². The summed E-state index contributed by atoms with van der Waals surface area (Å²) < 4.78 is 5.20. The maximum Gasteiger partial charge on any atom is 0.233 e. The fraction of sp³-hybridized carbons (Fsp3) is 0.312. The van der Waals surface area contributed by atoms with Crippen LogP contribution in [0.15, 0.2) is 53.1 Å². The van der Waals surface area contributed by atoms with Crippen LogP contribution in [0, 0.1) is 0 Å². The van der Waals surface area contributed by atoms with Crippen molar-refractivity contribution in [2.45, 2.75) is 12.6 Å². The SMILES string of the molecule is CNC(=O)CN(Cc1ccccc1)C[C@@H](O)c1ccco1. The van der Waals surface area contributed by atoms with E-state index in [-0.39, 0.29) is 12.5 Å². The molecular weight excluding hydrogens is 268 g/mol. The molecule has 5 nitrogen and oxygen atoms in total. The molecular formula is C16H20N2O3. The van der Waals surface area contributed by atoms with Gasteiger partial charge in [0.05, 0.1) is 12.8 Å². The lowest BCUT2D eigenvalue weighted by Gasteiger charge is -2.23. The van der Waals surface area contributed by atoms with Crippen LogP contribution in [0.1, 0.15) is 17.4 Å². The van der Waals surface area contributed by atoms with E-state index in [1.165, 1.54) is 6.26 Å². The summed E-state index contributed by atoms with van der Waals surface area (Å²) in [7, 11) is 1.60. The van der Waals surface area contributed by atoms with Crippen molar-refractivity contribution in [2.75, 3.05) is 20.1 Å². The number of benzene rings is 1. The van der Waals surface area contributed by atoms with Gasteiger partial charge < -0.3 is 14.8 Å². The van der Waals surface area contributed by atoms with Gasteiger partial charge in [-0.15, -0.1) is 0 Å². The Hall–Kier alpha value is -2.11. The van der Waals surface area contributed by atoms with Crippen molar-refractivity contribution < 1.29 is 14.3 Å². The van der Waals surface area contributed by atoms with Gasteiger partial charge >= 0.3 is 0 Å². The number of aliphatic hydroxyl groups excluding tert-OH is 1. The summed E-state index contributed by atoms with van der Waals surface area (Å²) in [5.74, 6) is 0.419. The third-order valence-corrected chi connectivity index (χ3v) is 3.20. The summed E-state index contributed by atoms with van der Waals surface area (Å²) in [5.41, 5.74) is 1.09. The van der Waals surface area contributed by atoms with Gasteiger partial charge in [-0.25, -0.2) is 0 Å². The molecule has 0 saturated carbocycles. The molecule has 1 amide bonds. The monoisotopic (exact) mass is 288 g/mol. The molecule has 2 rings (SSSR count). The third kappa shape index (κ3) is 4.73. The summed E-state index contributed by atoms with van der Waals surface area (Å²) in [4.78, 5) is 13.5. The van der Waals surface area contributed by atoms with Gasteiger partial charge in [-0.3, -0.25) is 9.69 Å². The summed E-state index contributed by atoms with van der Waals surface area (Å²) >= 11 is 0. The molecule has 2 N–H and O–H groups in total. The summed E-state index contributed by atoms with van der Waals surface area (Å²) in [5, 5.41) is 12.8. The number of rotatable bonds is 7. The van der Waals surface area contributed by atoms with E-state index in [1.54, 1.807) is 19.2 Å². The number of amides is 1. The van der Waals surface area contributed by atoms with Crippen molar-refractivity contribution in [3.8, 4) is 0 Å². The predicted octanol–water partition coefficient (Wildman–Crippen LogP) is 1.56. The second-order valence-corrected chi connectivity index (χ2v) is 4.86. The molecule has 0 unspecified atom stereocenters. The van der Waals surface area contributed by atoms with E-state index in [0.717, 1.165) is 5.56 Å². The Balaban J connectivity index is 2.03. The summed E-state index contributed by atoms with van der Waals surface area (Å²) in [6.07, 6.45) is 0.770. The molecule has 0 aliphatic heterocycles. The highest BCUT2D eigenvalue weighted by Crippen LogP contribution is 2.16. The lowest BCUT2D eigenvalue weighted by Crippen LogP contribution is -2.37. The first-order chi connectivity index (χ1) is 10.2. The molecule has 0 aliphatic rings. The highest BCUT2D eigenvalue weighted by atomic mass is 16.4. The molecule has 1 aromatic heterocycles. The van der Waals surface area contributed by atoms with Crippen molar-refractivity contribution >= 4 is 5.91 Å². The Kier molecular flexibility index (Phi) is 5.54. The Bertz CT molecular complexity index is 540. The maximum atomic E-state index is 11.6. The maximum absolute atomic E-state index is 11.6. The first kappa shape index (κ1) is 15.3. The number of nitrogens with one attached hydrogen (secondary N) is 1. The number of hydrogen-bond donors (Lipinski definition) is 2. The largest absolute Gasteiger partial charge is 0.467 e. The van der Waals surface area contributed by atoms with Crippen LogP contribution in [0.4, 0.5) is 0 Å². The fourth-order valence-electron chi connectivity index (χ4n) is 2.12. The number of carbonyl (C=O) groups is 1. The Morgan fingerprint density at radius 3 is 2.67 bits per heavy atom. The number of furan rings is 1. The Morgan fingerprint density at radius 2 is 2.05 bits per heavy atom. The van der Waals surface area contributed by atoms with Gasteiger partial charge in [0.25, 0.3) is 0 Å². The average Bonchev–Trinajstić information content (AvgIpc) is 3.02. The molecule has 21 heavy (non-hydrogen) atoms. The number of likely N-dealkylation sites (N-methyl/N-ethyl adjacent to an activating group) is 1. The van der Waals surface area contributed by atoms with Gasteiger partial charge in [0.1, 0.15) is 11.9 Å². The van der Waals surface area contributed by atoms with Crippen LogP contribution in [0.2, 0.25) is 0 Å². The molecule has 1 heterocycles. The van der Waals surface area contributed by atoms with Crippen molar-refractivity contribution in [3.63, 3.8) is 0 Å². The van der Waals surface area contributed by atoms with Crippen LogP contribution in [-0.2, 0) is 11.3 Å². The fourth-order valence-corrected chi connectivity index (χ4v) is 2.12. The van der Waals surface area contributed by atoms with Gasteiger partial charge in [-0.05, 0) is 17.7 Å². The van der Waals surface area contributed by atoms with Crippen molar-refractivity contribution in [2.24, 2.45) is 0 Å². The molecule has 1 aromatic carbocycles. The van der Waals surface area contributed by atoms with E-state index < -0.39 is 6.10 Å². The molecule has 0 fully saturated rings. The van der Waals surface area contributed by atoms with Crippen LogP contribution in [0.5, 0.6) is 0 Å². The number of aliphatic hydroxyl groups is 1. The van der Waals surface area contributed by atoms with Gasteiger partial charge in [-0.1, -0.05) is 30.3 Å². The first-order valence-corrected chi connectivity index (χ1v) is 6.87. The molecule has 1 atom stereocenters. The number of carbonyl (C=O) groups excluding carboxylic acids is 1. The van der Waals surface area contributed by atoms with Crippen LogP contribution >= 0.6 is 0 Å². The van der Waals surface area contributed by atoms with Gasteiger partial charge in [-0.2, -0.15) is 0 Å². The molecule has 0 aliphatic carbocycles. The highest BCUT2D eigenvalue weighted by molar-refractivity contribution is 5.77. The van der Waals surface area contributed by atoms with E-state index in [1.807, 2.05) is 35.2 Å². The van der Waals surface area contributed by atoms with Crippen molar-refractivity contribution in [1.29, 1.82) is 0 Å². The van der Waals surface area contributed by atoms with Gasteiger partial charge in [0.15, 0.2) is 0 Å². The van der Waals surface area contributed by atoms with E-state index in [9.17, 15) is 9.90 Å². The topological polar surface area (TPSA) is 65.7 Å². The number of nitrogens with zero attached hydrogens (tertiary/aromatic N) is 1. The lowest BCUT2D eigenvalue weighted by atomic mass is 10.2. The standard InChI is InChI=1S/C16H20N2O3/c1-17-16(20)12-18(10-13-6-3-2-4-7-13)11-14(19)15-8-5-9-21-15/h2-9,14,19H,10-12H2,1H3,(H,17,20)/t14-/m1/s1. The molecule has 0 radical (unpaired) electrons.